The van der Waals surface area contributed by atoms with Crippen molar-refractivity contribution in [1.29, 1.82) is 0 Å². The van der Waals surface area contributed by atoms with E-state index in [1.165, 1.54) is 5.56 Å². The molecule has 3 N–H and O–H groups in total. The molecule has 0 radical (unpaired) electrons. The fraction of sp³-hybridized carbons (Fsp3) is 0.364. The molecular weight excluding hydrogens is 479 g/mol. The van der Waals surface area contributed by atoms with Crippen molar-refractivity contribution in [1.82, 2.24) is 10.6 Å². The van der Waals surface area contributed by atoms with Crippen molar-refractivity contribution in [2.75, 3.05) is 26.0 Å². The molecule has 0 heterocycles. The van der Waals surface area contributed by atoms with Crippen molar-refractivity contribution in [3.05, 3.63) is 59.7 Å². The predicted octanol–water partition coefficient (Wildman–Crippen LogP) is 3.96. The molecule has 2 aromatic rings. The number of anilines is 1. The summed E-state index contributed by atoms with van der Waals surface area (Å²) in [6, 6.07) is 15.9. The Morgan fingerprint density at radius 3 is 2.48 bits per heavy atom. The number of nitrogens with one attached hydrogen (secondary N) is 3. The summed E-state index contributed by atoms with van der Waals surface area (Å²) < 4.78 is 5.18. The van der Waals surface area contributed by atoms with Crippen LogP contribution in [-0.4, -0.2) is 32.6 Å². The summed E-state index contributed by atoms with van der Waals surface area (Å²) in [7, 11) is 3.42. The first kappa shape index (κ1) is 24.7. The van der Waals surface area contributed by atoms with Crippen molar-refractivity contribution in [2.24, 2.45) is 4.99 Å². The van der Waals surface area contributed by atoms with Crippen LogP contribution in [0.3, 0.4) is 0 Å². The maximum absolute atomic E-state index is 11.7. The molecule has 158 valence electrons. The number of guanidine groups is 1. The summed E-state index contributed by atoms with van der Waals surface area (Å²) in [4.78, 5) is 16.0. The SMILES string of the molecule is CCCC(=O)Nc1cccc(CNC(=NC)NCCc2ccc(OC)cc2)c1.I. The van der Waals surface area contributed by atoms with Gasteiger partial charge in [-0.05, 0) is 48.2 Å². The Morgan fingerprint density at radius 1 is 1.07 bits per heavy atom. The van der Waals surface area contributed by atoms with E-state index in [1.807, 2.05) is 43.3 Å². The van der Waals surface area contributed by atoms with E-state index in [1.54, 1.807) is 14.2 Å². The predicted molar refractivity (Wildman–Crippen MR) is 130 cm³/mol. The number of carbonyl (C=O) groups is 1. The van der Waals surface area contributed by atoms with E-state index in [-0.39, 0.29) is 29.9 Å². The number of benzene rings is 2. The molecule has 0 aromatic heterocycles. The van der Waals surface area contributed by atoms with Gasteiger partial charge in [-0.2, -0.15) is 0 Å². The maximum Gasteiger partial charge on any atom is 0.224 e. The minimum atomic E-state index is 0. The first-order valence-corrected chi connectivity index (χ1v) is 9.60. The third kappa shape index (κ3) is 9.17. The van der Waals surface area contributed by atoms with Gasteiger partial charge < -0.3 is 20.7 Å². The van der Waals surface area contributed by atoms with Crippen molar-refractivity contribution in [3.8, 4) is 5.75 Å². The average molecular weight is 510 g/mol. The minimum Gasteiger partial charge on any atom is -0.497 e. The normalized spacial score (nSPS) is 10.7. The second kappa shape index (κ2) is 13.8. The lowest BCUT2D eigenvalue weighted by molar-refractivity contribution is -0.116. The third-order valence-electron chi connectivity index (χ3n) is 4.24. The summed E-state index contributed by atoms with van der Waals surface area (Å²) in [6.45, 7) is 3.39. The summed E-state index contributed by atoms with van der Waals surface area (Å²) in [6.07, 6.45) is 2.27. The van der Waals surface area contributed by atoms with Crippen molar-refractivity contribution in [2.45, 2.75) is 32.7 Å². The van der Waals surface area contributed by atoms with E-state index in [0.29, 0.717) is 13.0 Å². The highest BCUT2D eigenvalue weighted by Gasteiger charge is 2.03. The Balaban J connectivity index is 0.00000420. The van der Waals surface area contributed by atoms with E-state index < -0.39 is 0 Å². The van der Waals surface area contributed by atoms with E-state index in [0.717, 1.165) is 42.3 Å². The van der Waals surface area contributed by atoms with Gasteiger partial charge in [0.1, 0.15) is 5.75 Å². The van der Waals surface area contributed by atoms with Crippen LogP contribution in [0.1, 0.15) is 30.9 Å². The molecule has 0 unspecified atom stereocenters. The lowest BCUT2D eigenvalue weighted by atomic mass is 10.1. The summed E-state index contributed by atoms with van der Waals surface area (Å²) in [5.41, 5.74) is 3.13. The Morgan fingerprint density at radius 2 is 1.83 bits per heavy atom. The molecule has 2 rings (SSSR count). The van der Waals surface area contributed by atoms with Gasteiger partial charge in [0.15, 0.2) is 5.96 Å². The van der Waals surface area contributed by atoms with Crippen LogP contribution in [0.5, 0.6) is 5.75 Å². The third-order valence-corrected chi connectivity index (χ3v) is 4.24. The zero-order valence-corrected chi connectivity index (χ0v) is 19.7. The van der Waals surface area contributed by atoms with Gasteiger partial charge in [-0.15, -0.1) is 24.0 Å². The molecule has 0 atom stereocenters. The second-order valence-electron chi connectivity index (χ2n) is 6.45. The van der Waals surface area contributed by atoms with Gasteiger partial charge in [-0.25, -0.2) is 0 Å². The average Bonchev–Trinajstić information content (AvgIpc) is 2.71. The number of ether oxygens (including phenoxy) is 1. The molecular formula is C22H31IN4O2. The maximum atomic E-state index is 11.7. The Bertz CT molecular complexity index is 779. The zero-order valence-electron chi connectivity index (χ0n) is 17.3. The number of methoxy groups -OCH3 is 1. The number of nitrogens with zero attached hydrogens (tertiary/aromatic N) is 1. The van der Waals surface area contributed by atoms with Gasteiger partial charge in [-0.3, -0.25) is 9.79 Å². The monoisotopic (exact) mass is 510 g/mol. The fourth-order valence-corrected chi connectivity index (χ4v) is 2.73. The number of rotatable bonds is 9. The molecule has 1 amide bonds. The van der Waals surface area contributed by atoms with Crippen LogP contribution in [0, 0.1) is 0 Å². The zero-order chi connectivity index (χ0) is 20.2. The molecule has 0 aliphatic heterocycles. The molecule has 0 fully saturated rings. The second-order valence-corrected chi connectivity index (χ2v) is 6.45. The number of carbonyl (C=O) groups excluding carboxylic acids is 1. The molecule has 0 aliphatic carbocycles. The molecule has 0 aliphatic rings. The number of hydrogen-bond donors (Lipinski definition) is 3. The molecule has 2 aromatic carbocycles. The van der Waals surface area contributed by atoms with Crippen LogP contribution >= 0.6 is 24.0 Å². The van der Waals surface area contributed by atoms with Crippen LogP contribution in [0.2, 0.25) is 0 Å². The summed E-state index contributed by atoms with van der Waals surface area (Å²) in [5, 5.41) is 9.54. The molecule has 0 saturated heterocycles. The standard InChI is InChI=1S/C22H30N4O2.HI/c1-4-6-21(27)26-19-8-5-7-18(15-19)16-25-22(23-2)24-14-13-17-9-11-20(28-3)12-10-17;/h5,7-12,15H,4,6,13-14,16H2,1-3H3,(H,26,27)(H2,23,24,25);1H. The number of hydrogen-bond acceptors (Lipinski definition) is 3. The topological polar surface area (TPSA) is 74.8 Å². The molecule has 29 heavy (non-hydrogen) atoms. The van der Waals surface area contributed by atoms with E-state index in [4.69, 9.17) is 4.74 Å². The fourth-order valence-electron chi connectivity index (χ4n) is 2.73. The number of amides is 1. The molecule has 0 spiro atoms. The summed E-state index contributed by atoms with van der Waals surface area (Å²) >= 11 is 0. The van der Waals surface area contributed by atoms with Gasteiger partial charge in [0.05, 0.1) is 7.11 Å². The van der Waals surface area contributed by atoms with Gasteiger partial charge in [-0.1, -0.05) is 31.2 Å². The lowest BCUT2D eigenvalue weighted by Crippen LogP contribution is -2.37. The van der Waals surface area contributed by atoms with Gasteiger partial charge in [0.2, 0.25) is 5.91 Å². The Hall–Kier alpha value is -2.29. The quantitative estimate of drug-likeness (QED) is 0.271. The van der Waals surface area contributed by atoms with Crippen LogP contribution in [0.25, 0.3) is 0 Å². The van der Waals surface area contributed by atoms with E-state index >= 15 is 0 Å². The first-order chi connectivity index (χ1) is 13.6. The van der Waals surface area contributed by atoms with E-state index in [2.05, 4.69) is 33.1 Å². The van der Waals surface area contributed by atoms with Gasteiger partial charge >= 0.3 is 0 Å². The van der Waals surface area contributed by atoms with Gasteiger partial charge in [0, 0.05) is 32.2 Å². The Labute approximate surface area is 190 Å². The molecule has 0 bridgehead atoms. The molecule has 6 nitrogen and oxygen atoms in total. The highest BCUT2D eigenvalue weighted by molar-refractivity contribution is 14.0. The van der Waals surface area contributed by atoms with Crippen molar-refractivity contribution < 1.29 is 9.53 Å². The van der Waals surface area contributed by atoms with Crippen molar-refractivity contribution in [3.63, 3.8) is 0 Å². The highest BCUT2D eigenvalue weighted by Crippen LogP contribution is 2.12. The van der Waals surface area contributed by atoms with Crippen LogP contribution in [0.15, 0.2) is 53.5 Å². The smallest absolute Gasteiger partial charge is 0.224 e. The van der Waals surface area contributed by atoms with Crippen LogP contribution in [-0.2, 0) is 17.8 Å². The van der Waals surface area contributed by atoms with Crippen LogP contribution in [0.4, 0.5) is 5.69 Å². The number of halogens is 1. The van der Waals surface area contributed by atoms with Crippen LogP contribution < -0.4 is 20.7 Å². The largest absolute Gasteiger partial charge is 0.497 e. The Kier molecular flexibility index (Phi) is 11.8. The van der Waals surface area contributed by atoms with Crippen molar-refractivity contribution >= 4 is 41.5 Å². The molecule has 7 heteroatoms. The molecule has 0 saturated carbocycles. The van der Waals surface area contributed by atoms with E-state index in [9.17, 15) is 4.79 Å². The minimum absolute atomic E-state index is 0. The highest BCUT2D eigenvalue weighted by atomic mass is 127. The first-order valence-electron chi connectivity index (χ1n) is 9.60. The lowest BCUT2D eigenvalue weighted by Gasteiger charge is -2.13. The number of aliphatic imine (C=N–C) groups is 1. The summed E-state index contributed by atoms with van der Waals surface area (Å²) in [5.74, 6) is 1.65. The van der Waals surface area contributed by atoms with Gasteiger partial charge in [0.25, 0.3) is 0 Å².